The van der Waals surface area contributed by atoms with E-state index in [0.29, 0.717) is 5.69 Å². The Bertz CT molecular complexity index is 374. The van der Waals surface area contributed by atoms with Crippen LogP contribution in [0.25, 0.3) is 0 Å². The van der Waals surface area contributed by atoms with Crippen LogP contribution in [0.5, 0.6) is 0 Å². The molecule has 0 unspecified atom stereocenters. The van der Waals surface area contributed by atoms with E-state index in [1.54, 1.807) is 13.1 Å². The summed E-state index contributed by atoms with van der Waals surface area (Å²) in [7, 11) is 1.60. The van der Waals surface area contributed by atoms with E-state index in [1.807, 2.05) is 0 Å². The molecular weight excluding hydrogens is 204 g/mol. The zero-order valence-corrected chi connectivity index (χ0v) is 9.44. The molecular formula is C11H16N4O. The van der Waals surface area contributed by atoms with Gasteiger partial charge in [0.2, 0.25) is 0 Å². The van der Waals surface area contributed by atoms with E-state index in [4.69, 9.17) is 0 Å². The number of aromatic nitrogens is 2. The molecule has 1 aromatic rings. The van der Waals surface area contributed by atoms with E-state index in [2.05, 4.69) is 20.2 Å². The molecule has 1 aliphatic rings. The highest BCUT2D eigenvalue weighted by atomic mass is 16.1. The number of rotatable bonds is 2. The number of amides is 1. The average Bonchev–Trinajstić information content (AvgIpc) is 2.39. The van der Waals surface area contributed by atoms with E-state index in [-0.39, 0.29) is 5.91 Å². The minimum Gasteiger partial charge on any atom is -0.357 e. The maximum absolute atomic E-state index is 11.4. The molecule has 1 amide bonds. The standard InChI is InChI=1S/C11H16N4O/c1-12-11(16)9-7-10(14-8-13-9)15-5-3-2-4-6-15/h7-8H,2-6H2,1H3,(H,12,16). The van der Waals surface area contributed by atoms with Gasteiger partial charge < -0.3 is 10.2 Å². The Labute approximate surface area is 94.9 Å². The second-order valence-corrected chi connectivity index (χ2v) is 3.89. The molecule has 0 atom stereocenters. The summed E-state index contributed by atoms with van der Waals surface area (Å²) in [5, 5.41) is 2.56. The minimum absolute atomic E-state index is 0.166. The molecule has 1 fully saturated rings. The number of anilines is 1. The Morgan fingerprint density at radius 3 is 2.75 bits per heavy atom. The number of nitrogens with one attached hydrogen (secondary N) is 1. The van der Waals surface area contributed by atoms with Crippen LogP contribution in [0, 0.1) is 0 Å². The molecule has 0 bridgehead atoms. The van der Waals surface area contributed by atoms with Crippen molar-refractivity contribution in [1.29, 1.82) is 0 Å². The summed E-state index contributed by atoms with van der Waals surface area (Å²) in [5.41, 5.74) is 0.429. The highest BCUT2D eigenvalue weighted by Crippen LogP contribution is 2.17. The van der Waals surface area contributed by atoms with Gasteiger partial charge in [0.25, 0.3) is 5.91 Å². The van der Waals surface area contributed by atoms with E-state index in [1.165, 1.54) is 25.6 Å². The molecule has 0 aromatic carbocycles. The monoisotopic (exact) mass is 220 g/mol. The SMILES string of the molecule is CNC(=O)c1cc(N2CCCCC2)ncn1. The van der Waals surface area contributed by atoms with Crippen molar-refractivity contribution in [2.24, 2.45) is 0 Å². The maximum Gasteiger partial charge on any atom is 0.269 e. The average molecular weight is 220 g/mol. The van der Waals surface area contributed by atoms with Gasteiger partial charge >= 0.3 is 0 Å². The highest BCUT2D eigenvalue weighted by Gasteiger charge is 2.14. The predicted molar refractivity (Wildman–Crippen MR) is 61.5 cm³/mol. The van der Waals surface area contributed by atoms with Crippen molar-refractivity contribution in [2.45, 2.75) is 19.3 Å². The predicted octanol–water partition coefficient (Wildman–Crippen LogP) is 0.827. The lowest BCUT2D eigenvalue weighted by atomic mass is 10.1. The largest absolute Gasteiger partial charge is 0.357 e. The normalized spacial score (nSPS) is 15.9. The number of piperidine rings is 1. The first-order chi connectivity index (χ1) is 7.81. The number of carbonyl (C=O) groups excluding carboxylic acids is 1. The van der Waals surface area contributed by atoms with Gasteiger partial charge in [-0.15, -0.1) is 0 Å². The van der Waals surface area contributed by atoms with Crippen LogP contribution in [0.15, 0.2) is 12.4 Å². The van der Waals surface area contributed by atoms with Crippen molar-refractivity contribution < 1.29 is 4.79 Å². The smallest absolute Gasteiger partial charge is 0.269 e. The van der Waals surface area contributed by atoms with E-state index >= 15 is 0 Å². The Hall–Kier alpha value is -1.65. The van der Waals surface area contributed by atoms with E-state index < -0.39 is 0 Å². The molecule has 0 spiro atoms. The summed E-state index contributed by atoms with van der Waals surface area (Å²) >= 11 is 0. The third-order valence-corrected chi connectivity index (χ3v) is 2.79. The van der Waals surface area contributed by atoms with Crippen LogP contribution in [0.4, 0.5) is 5.82 Å². The second kappa shape index (κ2) is 4.92. The second-order valence-electron chi connectivity index (χ2n) is 3.89. The molecule has 5 nitrogen and oxygen atoms in total. The fourth-order valence-electron chi connectivity index (χ4n) is 1.90. The maximum atomic E-state index is 11.4. The van der Waals surface area contributed by atoms with Crippen molar-refractivity contribution in [3.05, 3.63) is 18.1 Å². The zero-order valence-electron chi connectivity index (χ0n) is 9.44. The minimum atomic E-state index is -0.166. The van der Waals surface area contributed by atoms with Gasteiger partial charge in [0.05, 0.1) is 0 Å². The van der Waals surface area contributed by atoms with Gasteiger partial charge in [-0.1, -0.05) is 0 Å². The third-order valence-electron chi connectivity index (χ3n) is 2.79. The van der Waals surface area contributed by atoms with Crippen LogP contribution < -0.4 is 10.2 Å². The Morgan fingerprint density at radius 2 is 2.06 bits per heavy atom. The van der Waals surface area contributed by atoms with Crippen molar-refractivity contribution in [2.75, 3.05) is 25.0 Å². The number of carbonyl (C=O) groups is 1. The molecule has 5 heteroatoms. The molecule has 1 aliphatic heterocycles. The number of nitrogens with zero attached hydrogens (tertiary/aromatic N) is 3. The molecule has 16 heavy (non-hydrogen) atoms. The zero-order chi connectivity index (χ0) is 11.4. The summed E-state index contributed by atoms with van der Waals surface area (Å²) in [6, 6.07) is 1.75. The highest BCUT2D eigenvalue weighted by molar-refractivity contribution is 5.92. The number of hydrogen-bond acceptors (Lipinski definition) is 4. The molecule has 2 heterocycles. The number of hydrogen-bond donors (Lipinski definition) is 1. The summed E-state index contributed by atoms with van der Waals surface area (Å²) < 4.78 is 0. The molecule has 86 valence electrons. The lowest BCUT2D eigenvalue weighted by Crippen LogP contribution is -2.30. The molecule has 1 N–H and O–H groups in total. The summed E-state index contributed by atoms with van der Waals surface area (Å²) in [6.07, 6.45) is 5.12. The Kier molecular flexibility index (Phi) is 3.34. The van der Waals surface area contributed by atoms with Crippen molar-refractivity contribution in [1.82, 2.24) is 15.3 Å². The molecule has 1 aromatic heterocycles. The van der Waals surface area contributed by atoms with Gasteiger partial charge in [0.1, 0.15) is 17.8 Å². The Balaban J connectivity index is 2.17. The van der Waals surface area contributed by atoms with Crippen LogP contribution in [-0.4, -0.2) is 36.0 Å². The van der Waals surface area contributed by atoms with Gasteiger partial charge in [-0.2, -0.15) is 0 Å². The summed E-state index contributed by atoms with van der Waals surface area (Å²) in [4.78, 5) is 21.8. The third kappa shape index (κ3) is 2.29. The molecule has 0 radical (unpaired) electrons. The van der Waals surface area contributed by atoms with Gasteiger partial charge in [0.15, 0.2) is 0 Å². The molecule has 1 saturated heterocycles. The van der Waals surface area contributed by atoms with Crippen LogP contribution in [0.3, 0.4) is 0 Å². The van der Waals surface area contributed by atoms with Gasteiger partial charge in [0, 0.05) is 26.2 Å². The van der Waals surface area contributed by atoms with Crippen molar-refractivity contribution >= 4 is 11.7 Å². The summed E-state index contributed by atoms with van der Waals surface area (Å²) in [5.74, 6) is 0.689. The fraction of sp³-hybridized carbons (Fsp3) is 0.545. The topological polar surface area (TPSA) is 58.1 Å². The van der Waals surface area contributed by atoms with Crippen LogP contribution >= 0.6 is 0 Å². The van der Waals surface area contributed by atoms with Gasteiger partial charge in [-0.05, 0) is 19.3 Å². The van der Waals surface area contributed by atoms with Crippen LogP contribution in [0.2, 0.25) is 0 Å². The van der Waals surface area contributed by atoms with Crippen LogP contribution in [0.1, 0.15) is 29.8 Å². The fourth-order valence-corrected chi connectivity index (χ4v) is 1.90. The first-order valence-electron chi connectivity index (χ1n) is 5.60. The van der Waals surface area contributed by atoms with Gasteiger partial charge in [-0.3, -0.25) is 4.79 Å². The Morgan fingerprint density at radius 1 is 1.31 bits per heavy atom. The molecule has 2 rings (SSSR count). The molecule has 0 aliphatic carbocycles. The van der Waals surface area contributed by atoms with E-state index in [9.17, 15) is 4.79 Å². The molecule has 0 saturated carbocycles. The lowest BCUT2D eigenvalue weighted by molar-refractivity contribution is 0.0958. The first-order valence-corrected chi connectivity index (χ1v) is 5.60. The lowest BCUT2D eigenvalue weighted by Gasteiger charge is -2.27. The van der Waals surface area contributed by atoms with E-state index in [0.717, 1.165) is 18.9 Å². The summed E-state index contributed by atoms with van der Waals surface area (Å²) in [6.45, 7) is 2.04. The quantitative estimate of drug-likeness (QED) is 0.802. The van der Waals surface area contributed by atoms with Crippen LogP contribution in [-0.2, 0) is 0 Å². The first kappa shape index (κ1) is 10.9. The van der Waals surface area contributed by atoms with Gasteiger partial charge in [-0.25, -0.2) is 9.97 Å². The van der Waals surface area contributed by atoms with Crippen molar-refractivity contribution in [3.63, 3.8) is 0 Å². The van der Waals surface area contributed by atoms with Crippen molar-refractivity contribution in [3.8, 4) is 0 Å².